The topological polar surface area (TPSA) is 95.6 Å². The standard InChI is InChI=1S/C15H24FN3O4S2.ClH/c1-3-24(20,21)18-15-7-6-13(9-14(15)16)25(22,23)19-8-4-5-12(11-19)10-17-2;/h6-7,9,12,17-18H,3-5,8,10-11H2,1-2H3;1H. The minimum absolute atomic E-state index is 0. The van der Waals surface area contributed by atoms with E-state index in [1.54, 1.807) is 0 Å². The van der Waals surface area contributed by atoms with E-state index < -0.39 is 25.9 Å². The highest BCUT2D eigenvalue weighted by Crippen LogP contribution is 2.26. The summed E-state index contributed by atoms with van der Waals surface area (Å²) < 4.78 is 66.2. The van der Waals surface area contributed by atoms with E-state index in [0.29, 0.717) is 13.1 Å². The first-order chi connectivity index (χ1) is 11.7. The molecule has 7 nitrogen and oxygen atoms in total. The molecule has 0 aliphatic carbocycles. The molecule has 1 heterocycles. The molecule has 1 aromatic rings. The van der Waals surface area contributed by atoms with Crippen molar-refractivity contribution in [3.63, 3.8) is 0 Å². The van der Waals surface area contributed by atoms with E-state index in [4.69, 9.17) is 0 Å². The summed E-state index contributed by atoms with van der Waals surface area (Å²) in [6.45, 7) is 2.93. The fourth-order valence-electron chi connectivity index (χ4n) is 2.83. The van der Waals surface area contributed by atoms with Crippen LogP contribution in [0.4, 0.5) is 10.1 Å². The minimum atomic E-state index is -3.81. The summed E-state index contributed by atoms with van der Waals surface area (Å²) in [5.41, 5.74) is -0.257. The van der Waals surface area contributed by atoms with Gasteiger partial charge >= 0.3 is 0 Å². The first-order valence-corrected chi connectivity index (χ1v) is 11.2. The SMILES string of the molecule is CCS(=O)(=O)Nc1ccc(S(=O)(=O)N2CCCC(CNC)C2)cc1F.Cl. The molecule has 150 valence electrons. The molecule has 1 atom stereocenters. The van der Waals surface area contributed by atoms with E-state index in [0.717, 1.165) is 31.5 Å². The number of anilines is 1. The van der Waals surface area contributed by atoms with Gasteiger partial charge in [0.05, 0.1) is 16.3 Å². The smallest absolute Gasteiger partial charge is 0.243 e. The van der Waals surface area contributed by atoms with Crippen LogP contribution in [0, 0.1) is 11.7 Å². The van der Waals surface area contributed by atoms with Crippen LogP contribution in [0.15, 0.2) is 23.1 Å². The number of piperidine rings is 1. The highest BCUT2D eigenvalue weighted by molar-refractivity contribution is 7.92. The Morgan fingerprint density at radius 1 is 1.27 bits per heavy atom. The third-order valence-electron chi connectivity index (χ3n) is 4.20. The number of hydrogen-bond acceptors (Lipinski definition) is 5. The molecule has 0 spiro atoms. The van der Waals surface area contributed by atoms with Crippen molar-refractivity contribution in [1.29, 1.82) is 0 Å². The van der Waals surface area contributed by atoms with Gasteiger partial charge in [0.25, 0.3) is 0 Å². The Hall–Kier alpha value is -0.940. The average Bonchev–Trinajstić information content (AvgIpc) is 2.57. The lowest BCUT2D eigenvalue weighted by atomic mass is 10.00. The molecular formula is C15H25ClFN3O4S2. The van der Waals surface area contributed by atoms with Crippen molar-refractivity contribution in [2.24, 2.45) is 5.92 Å². The van der Waals surface area contributed by atoms with E-state index in [9.17, 15) is 21.2 Å². The van der Waals surface area contributed by atoms with Gasteiger partial charge < -0.3 is 5.32 Å². The first-order valence-electron chi connectivity index (χ1n) is 8.14. The molecule has 0 saturated carbocycles. The summed E-state index contributed by atoms with van der Waals surface area (Å²) in [6.07, 6.45) is 1.70. The van der Waals surface area contributed by atoms with Crippen molar-refractivity contribution >= 4 is 38.1 Å². The maximum absolute atomic E-state index is 14.2. The fourth-order valence-corrected chi connectivity index (χ4v) is 5.04. The molecule has 0 bridgehead atoms. The number of benzene rings is 1. The van der Waals surface area contributed by atoms with Crippen molar-refractivity contribution in [2.75, 3.05) is 37.2 Å². The zero-order chi connectivity index (χ0) is 18.7. The Morgan fingerprint density at radius 3 is 2.54 bits per heavy atom. The second kappa shape index (κ2) is 9.32. The number of hydrogen-bond donors (Lipinski definition) is 2. The summed E-state index contributed by atoms with van der Waals surface area (Å²) in [4.78, 5) is -0.172. The molecule has 11 heteroatoms. The Morgan fingerprint density at radius 2 is 1.96 bits per heavy atom. The van der Waals surface area contributed by atoms with Crippen LogP contribution in [-0.4, -0.2) is 53.6 Å². The molecule has 2 N–H and O–H groups in total. The second-order valence-electron chi connectivity index (χ2n) is 6.08. The van der Waals surface area contributed by atoms with E-state index in [2.05, 4.69) is 10.0 Å². The Bertz CT molecular complexity index is 816. The summed E-state index contributed by atoms with van der Waals surface area (Å²) in [7, 11) is -5.63. The van der Waals surface area contributed by atoms with Gasteiger partial charge in [0.15, 0.2) is 0 Å². The molecule has 0 amide bonds. The van der Waals surface area contributed by atoms with Crippen molar-refractivity contribution in [2.45, 2.75) is 24.7 Å². The molecule has 1 aliphatic heterocycles. The van der Waals surface area contributed by atoms with Gasteiger partial charge in [-0.15, -0.1) is 12.4 Å². The largest absolute Gasteiger partial charge is 0.319 e. The quantitative estimate of drug-likeness (QED) is 0.686. The van der Waals surface area contributed by atoms with Crippen molar-refractivity contribution in [1.82, 2.24) is 9.62 Å². The molecule has 1 unspecified atom stereocenters. The number of nitrogens with zero attached hydrogens (tertiary/aromatic N) is 1. The third kappa shape index (κ3) is 5.53. The van der Waals surface area contributed by atoms with Gasteiger partial charge in [-0.3, -0.25) is 4.72 Å². The third-order valence-corrected chi connectivity index (χ3v) is 7.35. The monoisotopic (exact) mass is 429 g/mol. The lowest BCUT2D eigenvalue weighted by Crippen LogP contribution is -2.42. The molecular weight excluding hydrogens is 405 g/mol. The summed E-state index contributed by atoms with van der Waals surface area (Å²) in [5, 5.41) is 3.05. The molecule has 2 rings (SSSR count). The molecule has 1 aromatic carbocycles. The molecule has 1 aliphatic rings. The summed E-state index contributed by atoms with van der Waals surface area (Å²) >= 11 is 0. The minimum Gasteiger partial charge on any atom is -0.319 e. The van der Waals surface area contributed by atoms with Gasteiger partial charge in [-0.05, 0) is 57.5 Å². The van der Waals surface area contributed by atoms with Crippen LogP contribution in [0.2, 0.25) is 0 Å². The van der Waals surface area contributed by atoms with Crippen LogP contribution >= 0.6 is 12.4 Å². The van der Waals surface area contributed by atoms with Crippen molar-refractivity contribution < 1.29 is 21.2 Å². The van der Waals surface area contributed by atoms with Crippen LogP contribution in [0.3, 0.4) is 0 Å². The molecule has 1 fully saturated rings. The van der Waals surface area contributed by atoms with Gasteiger partial charge in [-0.1, -0.05) is 0 Å². The van der Waals surface area contributed by atoms with Gasteiger partial charge in [-0.25, -0.2) is 21.2 Å². The normalized spacial score (nSPS) is 19.0. The van der Waals surface area contributed by atoms with Crippen LogP contribution in [0.1, 0.15) is 19.8 Å². The zero-order valence-electron chi connectivity index (χ0n) is 14.7. The van der Waals surface area contributed by atoms with Gasteiger partial charge in [0, 0.05) is 13.1 Å². The maximum atomic E-state index is 14.2. The molecule has 0 radical (unpaired) electrons. The number of nitrogens with one attached hydrogen (secondary N) is 2. The molecule has 26 heavy (non-hydrogen) atoms. The van der Waals surface area contributed by atoms with Crippen LogP contribution in [0.5, 0.6) is 0 Å². The van der Waals surface area contributed by atoms with E-state index in [1.807, 2.05) is 7.05 Å². The summed E-state index contributed by atoms with van der Waals surface area (Å²) in [6, 6.07) is 3.24. The fraction of sp³-hybridized carbons (Fsp3) is 0.600. The number of sulfonamides is 2. The Labute approximate surface area is 160 Å². The predicted octanol–water partition coefficient (Wildman–Crippen LogP) is 1.63. The van der Waals surface area contributed by atoms with Gasteiger partial charge in [-0.2, -0.15) is 4.31 Å². The Kier molecular flexibility index (Phi) is 8.28. The van der Waals surface area contributed by atoms with Gasteiger partial charge in [0.2, 0.25) is 20.0 Å². The Balaban J connectivity index is 0.00000338. The lowest BCUT2D eigenvalue weighted by Gasteiger charge is -2.31. The van der Waals surface area contributed by atoms with Crippen LogP contribution in [-0.2, 0) is 20.0 Å². The maximum Gasteiger partial charge on any atom is 0.243 e. The van der Waals surface area contributed by atoms with Crippen molar-refractivity contribution in [3.8, 4) is 0 Å². The highest BCUT2D eigenvalue weighted by Gasteiger charge is 2.30. The molecule has 0 aromatic heterocycles. The van der Waals surface area contributed by atoms with Gasteiger partial charge in [0.1, 0.15) is 5.82 Å². The highest BCUT2D eigenvalue weighted by atomic mass is 35.5. The van der Waals surface area contributed by atoms with E-state index in [-0.39, 0.29) is 34.7 Å². The average molecular weight is 430 g/mol. The second-order valence-corrected chi connectivity index (χ2v) is 10.0. The van der Waals surface area contributed by atoms with Crippen molar-refractivity contribution in [3.05, 3.63) is 24.0 Å². The first kappa shape index (κ1) is 23.1. The predicted molar refractivity (Wildman–Crippen MR) is 102 cm³/mol. The van der Waals surface area contributed by atoms with E-state index in [1.165, 1.54) is 17.3 Å². The van der Waals surface area contributed by atoms with E-state index >= 15 is 0 Å². The summed E-state index contributed by atoms with van der Waals surface area (Å²) in [5.74, 6) is -0.900. The number of rotatable bonds is 7. The molecule has 1 saturated heterocycles. The van der Waals surface area contributed by atoms with Crippen LogP contribution < -0.4 is 10.0 Å². The number of halogens is 2. The lowest BCUT2D eigenvalue weighted by molar-refractivity contribution is 0.263. The zero-order valence-corrected chi connectivity index (χ0v) is 17.2. The van der Waals surface area contributed by atoms with Crippen LogP contribution in [0.25, 0.3) is 0 Å².